The van der Waals surface area contributed by atoms with Crippen molar-refractivity contribution < 1.29 is 4.79 Å². The molecule has 2 aliphatic rings. The maximum Gasteiger partial charge on any atom is 0.223 e. The number of carbonyl (C=O) groups is 1. The van der Waals surface area contributed by atoms with E-state index in [1.165, 1.54) is 38.5 Å². The van der Waals surface area contributed by atoms with Crippen LogP contribution in [0.2, 0.25) is 0 Å². The summed E-state index contributed by atoms with van der Waals surface area (Å²) < 4.78 is 0. The van der Waals surface area contributed by atoms with Gasteiger partial charge in [-0.1, -0.05) is 32.6 Å². The molecule has 0 aromatic heterocycles. The van der Waals surface area contributed by atoms with E-state index in [-0.39, 0.29) is 42.2 Å². The maximum atomic E-state index is 12.3. The molecular weight excluding hydrogens is 321 g/mol. The van der Waals surface area contributed by atoms with E-state index in [4.69, 9.17) is 0 Å². The van der Waals surface area contributed by atoms with E-state index in [1.807, 2.05) is 0 Å². The Labute approximate surface area is 148 Å². The molecule has 4 nitrogen and oxygen atoms in total. The van der Waals surface area contributed by atoms with Gasteiger partial charge in [0.05, 0.1) is 0 Å². The third-order valence-corrected chi connectivity index (χ3v) is 5.51. The van der Waals surface area contributed by atoms with Gasteiger partial charge in [0.15, 0.2) is 0 Å². The van der Waals surface area contributed by atoms with E-state index < -0.39 is 0 Å². The van der Waals surface area contributed by atoms with Gasteiger partial charge < -0.3 is 15.5 Å². The Morgan fingerprint density at radius 1 is 1.18 bits per heavy atom. The highest BCUT2D eigenvalue weighted by molar-refractivity contribution is 5.85. The number of hydrogen-bond donors (Lipinski definition) is 2. The van der Waals surface area contributed by atoms with Crippen molar-refractivity contribution in [1.29, 1.82) is 0 Å². The lowest BCUT2D eigenvalue weighted by molar-refractivity contribution is -0.127. The molecule has 1 aliphatic carbocycles. The summed E-state index contributed by atoms with van der Waals surface area (Å²) >= 11 is 0. The number of amides is 1. The summed E-state index contributed by atoms with van der Waals surface area (Å²) in [5.41, 5.74) is 0.170. The molecule has 0 aromatic rings. The topological polar surface area (TPSA) is 44.4 Å². The smallest absolute Gasteiger partial charge is 0.223 e. The molecule has 0 aromatic carbocycles. The molecular formula is C16H33Cl2N3O. The van der Waals surface area contributed by atoms with Crippen LogP contribution in [0.4, 0.5) is 0 Å². The van der Waals surface area contributed by atoms with Gasteiger partial charge in [-0.3, -0.25) is 4.79 Å². The van der Waals surface area contributed by atoms with E-state index in [0.29, 0.717) is 5.92 Å². The lowest BCUT2D eigenvalue weighted by Crippen LogP contribution is -2.55. The largest absolute Gasteiger partial charge is 0.354 e. The van der Waals surface area contributed by atoms with E-state index in [2.05, 4.69) is 36.6 Å². The third kappa shape index (κ3) is 5.26. The Hall–Kier alpha value is -0.0300. The molecule has 1 amide bonds. The molecule has 2 fully saturated rings. The third-order valence-electron chi connectivity index (χ3n) is 5.51. The normalized spacial score (nSPS) is 22.5. The van der Waals surface area contributed by atoms with Crippen LogP contribution in [0, 0.1) is 11.8 Å². The van der Waals surface area contributed by atoms with Crippen molar-refractivity contribution in [2.24, 2.45) is 11.8 Å². The highest BCUT2D eigenvalue weighted by Gasteiger charge is 2.35. The van der Waals surface area contributed by atoms with Crippen molar-refractivity contribution in [1.82, 2.24) is 15.5 Å². The van der Waals surface area contributed by atoms with Gasteiger partial charge in [0.1, 0.15) is 0 Å². The first kappa shape index (κ1) is 22.0. The molecule has 0 radical (unpaired) electrons. The van der Waals surface area contributed by atoms with Crippen molar-refractivity contribution in [2.45, 2.75) is 51.0 Å². The molecule has 6 heteroatoms. The predicted molar refractivity (Wildman–Crippen MR) is 97.1 cm³/mol. The number of nitrogens with one attached hydrogen (secondary N) is 2. The van der Waals surface area contributed by atoms with Gasteiger partial charge in [0.25, 0.3) is 0 Å². The van der Waals surface area contributed by atoms with Crippen molar-refractivity contribution >= 4 is 30.7 Å². The van der Waals surface area contributed by atoms with E-state index in [9.17, 15) is 4.79 Å². The van der Waals surface area contributed by atoms with E-state index in [0.717, 1.165) is 19.6 Å². The first-order valence-electron chi connectivity index (χ1n) is 8.21. The lowest BCUT2D eigenvalue weighted by Gasteiger charge is -2.40. The minimum Gasteiger partial charge on any atom is -0.354 e. The van der Waals surface area contributed by atoms with Crippen molar-refractivity contribution in [2.75, 3.05) is 33.7 Å². The second kappa shape index (κ2) is 9.96. The van der Waals surface area contributed by atoms with Crippen LogP contribution in [0.5, 0.6) is 0 Å². The fourth-order valence-electron chi connectivity index (χ4n) is 3.46. The molecule has 0 bridgehead atoms. The molecule has 1 saturated carbocycles. The fourth-order valence-corrected chi connectivity index (χ4v) is 3.46. The van der Waals surface area contributed by atoms with Crippen molar-refractivity contribution in [3.63, 3.8) is 0 Å². The molecule has 2 rings (SSSR count). The Balaban J connectivity index is 0.00000220. The standard InChI is InChI=1S/C16H31N3O.2ClH/c1-13(14-10-17-11-14)15(20)18-12-16(19(2)3)8-6-4-5-7-9-16;;/h13-14,17H,4-12H2,1-3H3,(H,18,20);2*1H. The Morgan fingerprint density at radius 3 is 2.14 bits per heavy atom. The molecule has 1 atom stereocenters. The van der Waals surface area contributed by atoms with Gasteiger partial charge in [0.2, 0.25) is 5.91 Å². The Morgan fingerprint density at radius 2 is 1.73 bits per heavy atom. The van der Waals surface area contributed by atoms with Gasteiger partial charge >= 0.3 is 0 Å². The maximum absolute atomic E-state index is 12.3. The summed E-state index contributed by atoms with van der Waals surface area (Å²) in [6.07, 6.45) is 7.67. The average Bonchev–Trinajstić information content (AvgIpc) is 2.60. The first-order valence-corrected chi connectivity index (χ1v) is 8.21. The number of nitrogens with zero attached hydrogens (tertiary/aromatic N) is 1. The molecule has 1 heterocycles. The molecule has 1 unspecified atom stereocenters. The van der Waals surface area contributed by atoms with Crippen molar-refractivity contribution in [3.05, 3.63) is 0 Å². The number of rotatable bonds is 5. The summed E-state index contributed by atoms with van der Waals surface area (Å²) in [7, 11) is 4.33. The minimum absolute atomic E-state index is 0. The molecule has 0 spiro atoms. The summed E-state index contributed by atoms with van der Waals surface area (Å²) in [5.74, 6) is 0.905. The van der Waals surface area contributed by atoms with Gasteiger partial charge in [-0.15, -0.1) is 24.8 Å². The quantitative estimate of drug-likeness (QED) is 0.746. The van der Waals surface area contributed by atoms with Crippen LogP contribution in [0.15, 0.2) is 0 Å². The monoisotopic (exact) mass is 353 g/mol. The Kier molecular flexibility index (Phi) is 9.95. The highest BCUT2D eigenvalue weighted by Crippen LogP contribution is 2.30. The second-order valence-corrected chi connectivity index (χ2v) is 6.96. The number of carbonyl (C=O) groups excluding carboxylic acids is 1. The number of likely N-dealkylation sites (N-methyl/N-ethyl adjacent to an activating group) is 1. The van der Waals surface area contributed by atoms with Gasteiger partial charge in [-0.25, -0.2) is 0 Å². The van der Waals surface area contributed by atoms with Crippen LogP contribution < -0.4 is 10.6 Å². The van der Waals surface area contributed by atoms with Crippen LogP contribution in [0.25, 0.3) is 0 Å². The Bertz CT molecular complexity index is 327. The summed E-state index contributed by atoms with van der Waals surface area (Å²) in [6.45, 7) is 4.86. The highest BCUT2D eigenvalue weighted by atomic mass is 35.5. The zero-order valence-corrected chi connectivity index (χ0v) is 15.8. The molecule has 22 heavy (non-hydrogen) atoms. The average molecular weight is 354 g/mol. The number of halogens is 2. The van der Waals surface area contributed by atoms with Gasteiger partial charge in [-0.2, -0.15) is 0 Å². The summed E-state index contributed by atoms with van der Waals surface area (Å²) in [6, 6.07) is 0. The summed E-state index contributed by atoms with van der Waals surface area (Å²) in [4.78, 5) is 14.7. The fraction of sp³-hybridized carbons (Fsp3) is 0.938. The zero-order chi connectivity index (χ0) is 14.6. The molecule has 1 saturated heterocycles. The molecule has 2 N–H and O–H groups in total. The van der Waals surface area contributed by atoms with Gasteiger partial charge in [-0.05, 0) is 45.9 Å². The zero-order valence-electron chi connectivity index (χ0n) is 14.2. The molecule has 132 valence electrons. The van der Waals surface area contributed by atoms with Crippen molar-refractivity contribution in [3.8, 4) is 0 Å². The van der Waals surface area contributed by atoms with Crippen LogP contribution in [0.3, 0.4) is 0 Å². The predicted octanol–water partition coefficient (Wildman–Crippen LogP) is 2.46. The van der Waals surface area contributed by atoms with Crippen LogP contribution in [0.1, 0.15) is 45.4 Å². The summed E-state index contributed by atoms with van der Waals surface area (Å²) in [5, 5.41) is 6.49. The van der Waals surface area contributed by atoms with Crippen LogP contribution in [-0.2, 0) is 4.79 Å². The first-order chi connectivity index (χ1) is 9.55. The SMILES string of the molecule is CC(C(=O)NCC1(N(C)C)CCCCCC1)C1CNC1.Cl.Cl. The van der Waals surface area contributed by atoms with E-state index >= 15 is 0 Å². The minimum atomic E-state index is 0. The van der Waals surface area contributed by atoms with Crippen LogP contribution >= 0.6 is 24.8 Å². The second-order valence-electron chi connectivity index (χ2n) is 6.96. The van der Waals surface area contributed by atoms with Gasteiger partial charge in [0, 0.05) is 18.0 Å². The number of hydrogen-bond acceptors (Lipinski definition) is 3. The van der Waals surface area contributed by atoms with Crippen LogP contribution in [-0.4, -0.2) is 50.1 Å². The lowest BCUT2D eigenvalue weighted by atomic mass is 9.86. The molecule has 1 aliphatic heterocycles. The van der Waals surface area contributed by atoms with E-state index in [1.54, 1.807) is 0 Å².